The number of carbonyl (C=O) groups is 2. The van der Waals surface area contributed by atoms with Crippen molar-refractivity contribution in [3.05, 3.63) is 57.9 Å². The number of nitrogens with zero attached hydrogens (tertiary/aromatic N) is 2. The van der Waals surface area contributed by atoms with E-state index in [9.17, 15) is 14.4 Å². The monoisotopic (exact) mass is 369 g/mol. The Kier molecular flexibility index (Phi) is 4.43. The molecule has 0 spiro atoms. The minimum Gasteiger partial charge on any atom is -0.477 e. The number of aromatic carboxylic acids is 1. The molecule has 2 amide bonds. The molecule has 2 N–H and O–H groups in total. The number of amides is 2. The van der Waals surface area contributed by atoms with Gasteiger partial charge in [0.15, 0.2) is 5.58 Å². The van der Waals surface area contributed by atoms with Crippen molar-refractivity contribution in [2.45, 2.75) is 0 Å². The van der Waals surface area contributed by atoms with Gasteiger partial charge in [-0.05, 0) is 18.2 Å². The Hall–Kier alpha value is -3.64. The van der Waals surface area contributed by atoms with Gasteiger partial charge >= 0.3 is 17.6 Å². The summed E-state index contributed by atoms with van der Waals surface area (Å²) in [5.41, 5.74) is -0.544. The van der Waals surface area contributed by atoms with E-state index in [4.69, 9.17) is 14.8 Å². The molecule has 26 heavy (non-hydrogen) atoms. The van der Waals surface area contributed by atoms with Gasteiger partial charge in [-0.3, -0.25) is 4.90 Å². The molecule has 1 aromatic carbocycles. The topological polar surface area (TPSA) is 124 Å². The number of carbonyl (C=O) groups excluding carboxylic acids is 1. The average molecular weight is 369 g/mol. The van der Waals surface area contributed by atoms with Gasteiger partial charge in [-0.1, -0.05) is 12.1 Å². The minimum absolute atomic E-state index is 0.192. The molecule has 0 unspecified atom stereocenters. The van der Waals surface area contributed by atoms with Gasteiger partial charge < -0.3 is 14.8 Å². The average Bonchev–Trinajstić information content (AvgIpc) is 3.03. The van der Waals surface area contributed by atoms with Crippen molar-refractivity contribution in [2.75, 3.05) is 17.3 Å². The lowest BCUT2D eigenvalue weighted by molar-refractivity contribution is 0.0692. The van der Waals surface area contributed by atoms with Crippen LogP contribution in [0.4, 0.5) is 15.5 Å². The highest BCUT2D eigenvalue weighted by atomic mass is 32.1. The summed E-state index contributed by atoms with van der Waals surface area (Å²) >= 11 is 1.10. The highest BCUT2D eigenvalue weighted by Crippen LogP contribution is 2.32. The first-order valence-corrected chi connectivity index (χ1v) is 8.07. The number of fused-ring (bicyclic) bond motifs is 1. The van der Waals surface area contributed by atoms with Gasteiger partial charge in [-0.25, -0.2) is 14.4 Å². The summed E-state index contributed by atoms with van der Waals surface area (Å²) in [6, 6.07) is 10.7. The fourth-order valence-electron chi connectivity index (χ4n) is 2.20. The molecule has 0 bridgehead atoms. The number of para-hydroxylation sites is 1. The van der Waals surface area contributed by atoms with E-state index in [-0.39, 0.29) is 5.58 Å². The van der Waals surface area contributed by atoms with Gasteiger partial charge in [0, 0.05) is 13.1 Å². The van der Waals surface area contributed by atoms with E-state index in [0.29, 0.717) is 21.0 Å². The standard InChI is InChI=1S/C17H11N3O5S/c1-20(17(24)19-11-5-3-2-4-9(11)8-18)14-7-12-13(26-14)6-10(15(21)22)16(23)25-12/h2-7H,1H3,(H,19,24)(H,21,22). The number of nitriles is 1. The van der Waals surface area contributed by atoms with Crippen LogP contribution in [0.3, 0.4) is 0 Å². The molecule has 130 valence electrons. The first kappa shape index (κ1) is 17.2. The molecule has 3 rings (SSSR count). The maximum absolute atomic E-state index is 12.4. The lowest BCUT2D eigenvalue weighted by Crippen LogP contribution is -2.30. The second-order valence-electron chi connectivity index (χ2n) is 5.21. The van der Waals surface area contributed by atoms with Crippen molar-refractivity contribution in [1.29, 1.82) is 5.26 Å². The predicted molar refractivity (Wildman–Crippen MR) is 95.9 cm³/mol. The molecule has 0 atom stereocenters. The van der Waals surface area contributed by atoms with Crippen LogP contribution in [0.5, 0.6) is 0 Å². The minimum atomic E-state index is -1.38. The lowest BCUT2D eigenvalue weighted by Gasteiger charge is -2.16. The Morgan fingerprint density at radius 3 is 2.73 bits per heavy atom. The summed E-state index contributed by atoms with van der Waals surface area (Å²) in [6.07, 6.45) is 0. The molecule has 9 heteroatoms. The molecule has 0 aliphatic heterocycles. The number of carboxylic acids is 1. The highest BCUT2D eigenvalue weighted by Gasteiger charge is 2.19. The van der Waals surface area contributed by atoms with Gasteiger partial charge in [0.2, 0.25) is 0 Å². The van der Waals surface area contributed by atoms with Crippen LogP contribution >= 0.6 is 11.3 Å². The molecular formula is C17H11N3O5S. The largest absolute Gasteiger partial charge is 0.477 e. The van der Waals surface area contributed by atoms with Crippen LogP contribution in [0.25, 0.3) is 10.3 Å². The van der Waals surface area contributed by atoms with Crippen LogP contribution in [0.2, 0.25) is 0 Å². The van der Waals surface area contributed by atoms with E-state index in [0.717, 1.165) is 11.3 Å². The van der Waals surface area contributed by atoms with Gasteiger partial charge in [0.25, 0.3) is 0 Å². The molecule has 2 aromatic heterocycles. The molecule has 0 saturated carbocycles. The Bertz CT molecular complexity index is 1130. The molecule has 0 aliphatic carbocycles. The fraction of sp³-hybridized carbons (Fsp3) is 0.0588. The number of hydrogen-bond acceptors (Lipinski definition) is 6. The van der Waals surface area contributed by atoms with Crippen molar-refractivity contribution >= 4 is 44.3 Å². The smallest absolute Gasteiger partial charge is 0.351 e. The number of rotatable bonds is 3. The van der Waals surface area contributed by atoms with E-state index in [1.54, 1.807) is 24.3 Å². The Labute approximate surface area is 150 Å². The number of nitrogens with one attached hydrogen (secondary N) is 1. The summed E-state index contributed by atoms with van der Waals surface area (Å²) in [5.74, 6) is -1.38. The van der Waals surface area contributed by atoms with Crippen molar-refractivity contribution in [1.82, 2.24) is 0 Å². The third-order valence-corrected chi connectivity index (χ3v) is 4.70. The normalized spacial score (nSPS) is 10.3. The quantitative estimate of drug-likeness (QED) is 0.731. The van der Waals surface area contributed by atoms with Gasteiger partial charge in [0.1, 0.15) is 16.6 Å². The first-order chi connectivity index (χ1) is 12.4. The van der Waals surface area contributed by atoms with Crippen LogP contribution in [-0.2, 0) is 0 Å². The van der Waals surface area contributed by atoms with Crippen molar-refractivity contribution in [3.8, 4) is 6.07 Å². The van der Waals surface area contributed by atoms with Gasteiger partial charge in [0.05, 0.1) is 16.0 Å². The second kappa shape index (κ2) is 6.70. The summed E-state index contributed by atoms with van der Waals surface area (Å²) in [7, 11) is 1.51. The molecule has 3 aromatic rings. The van der Waals surface area contributed by atoms with Crippen LogP contribution in [0.15, 0.2) is 45.6 Å². The van der Waals surface area contributed by atoms with Gasteiger partial charge in [-0.15, -0.1) is 11.3 Å². The van der Waals surface area contributed by atoms with Crippen LogP contribution in [0, 0.1) is 11.3 Å². The number of hydrogen-bond donors (Lipinski definition) is 2. The Morgan fingerprint density at radius 2 is 2.04 bits per heavy atom. The second-order valence-corrected chi connectivity index (χ2v) is 6.27. The summed E-state index contributed by atoms with van der Waals surface area (Å²) in [6.45, 7) is 0. The third-order valence-electron chi connectivity index (χ3n) is 3.56. The zero-order valence-corrected chi connectivity index (χ0v) is 14.2. The summed E-state index contributed by atoms with van der Waals surface area (Å²) in [5, 5.41) is 21.1. The van der Waals surface area contributed by atoms with Crippen molar-refractivity contribution in [2.24, 2.45) is 0 Å². The number of thiophene rings is 1. The number of urea groups is 1. The number of carboxylic acid groups (broad SMARTS) is 1. The van der Waals surface area contributed by atoms with E-state index in [1.165, 1.54) is 24.1 Å². The highest BCUT2D eigenvalue weighted by molar-refractivity contribution is 7.22. The zero-order valence-electron chi connectivity index (χ0n) is 13.3. The Balaban J connectivity index is 1.91. The van der Waals surface area contributed by atoms with E-state index in [1.807, 2.05) is 6.07 Å². The summed E-state index contributed by atoms with van der Waals surface area (Å²) in [4.78, 5) is 36.4. The number of benzene rings is 1. The van der Waals surface area contributed by atoms with Crippen molar-refractivity contribution in [3.63, 3.8) is 0 Å². The lowest BCUT2D eigenvalue weighted by atomic mass is 10.2. The molecule has 0 fully saturated rings. The number of anilines is 2. The third kappa shape index (κ3) is 3.13. The molecule has 0 radical (unpaired) electrons. The SMILES string of the molecule is CN(C(=O)Nc1ccccc1C#N)c1cc2oc(=O)c(C(=O)O)cc2s1. The maximum Gasteiger partial charge on any atom is 0.351 e. The van der Waals surface area contributed by atoms with E-state index >= 15 is 0 Å². The van der Waals surface area contributed by atoms with E-state index < -0.39 is 23.2 Å². The maximum atomic E-state index is 12.4. The molecule has 8 nitrogen and oxygen atoms in total. The molecule has 0 saturated heterocycles. The molecule has 2 heterocycles. The molecular weight excluding hydrogens is 358 g/mol. The van der Waals surface area contributed by atoms with Crippen molar-refractivity contribution < 1.29 is 19.1 Å². The fourth-order valence-corrected chi connectivity index (χ4v) is 3.19. The predicted octanol–water partition coefficient (Wildman–Crippen LogP) is 3.09. The van der Waals surface area contributed by atoms with Crippen LogP contribution in [-0.4, -0.2) is 24.2 Å². The van der Waals surface area contributed by atoms with Gasteiger partial charge in [-0.2, -0.15) is 5.26 Å². The van der Waals surface area contributed by atoms with E-state index in [2.05, 4.69) is 5.32 Å². The van der Waals surface area contributed by atoms with Crippen LogP contribution < -0.4 is 15.8 Å². The first-order valence-electron chi connectivity index (χ1n) is 7.25. The van der Waals surface area contributed by atoms with Crippen LogP contribution in [0.1, 0.15) is 15.9 Å². The Morgan fingerprint density at radius 1 is 1.31 bits per heavy atom. The molecule has 0 aliphatic rings. The zero-order chi connectivity index (χ0) is 18.8. The summed E-state index contributed by atoms with van der Waals surface area (Å²) < 4.78 is 5.42.